The van der Waals surface area contributed by atoms with E-state index in [1.54, 1.807) is 0 Å². The van der Waals surface area contributed by atoms with Crippen LogP contribution in [0.4, 0.5) is 0 Å². The van der Waals surface area contributed by atoms with E-state index >= 15 is 0 Å². The second kappa shape index (κ2) is 6.88. The summed E-state index contributed by atoms with van der Waals surface area (Å²) in [7, 11) is 0. The first-order chi connectivity index (χ1) is 8.77. The van der Waals surface area contributed by atoms with Crippen LogP contribution < -0.4 is 5.43 Å². The number of hydrazine groups is 1. The number of hydrogen-bond donors (Lipinski definition) is 1. The van der Waals surface area contributed by atoms with Crippen molar-refractivity contribution in [3.63, 3.8) is 0 Å². The molecule has 1 aromatic carbocycles. The summed E-state index contributed by atoms with van der Waals surface area (Å²) in [6, 6.07) is 10.8. The molecule has 1 aliphatic heterocycles. The van der Waals surface area contributed by atoms with Crippen LogP contribution in [0.2, 0.25) is 0 Å². The van der Waals surface area contributed by atoms with Gasteiger partial charge in [-0.1, -0.05) is 44.2 Å². The van der Waals surface area contributed by atoms with Crippen LogP contribution in [0.15, 0.2) is 30.3 Å². The molecule has 1 N–H and O–H groups in total. The van der Waals surface area contributed by atoms with Gasteiger partial charge in [0.25, 0.3) is 0 Å². The van der Waals surface area contributed by atoms with Gasteiger partial charge in [0.15, 0.2) is 0 Å². The van der Waals surface area contributed by atoms with Gasteiger partial charge in [-0.25, -0.2) is 5.01 Å². The SMILES string of the molecule is CC(C)C(CNN1CCOCC1)c1ccccc1. The molecule has 1 aliphatic rings. The maximum atomic E-state index is 5.36. The summed E-state index contributed by atoms with van der Waals surface area (Å²) in [5.41, 5.74) is 4.98. The molecule has 0 aliphatic carbocycles. The van der Waals surface area contributed by atoms with Gasteiger partial charge in [0.2, 0.25) is 0 Å². The minimum absolute atomic E-state index is 0.564. The molecule has 1 unspecified atom stereocenters. The van der Waals surface area contributed by atoms with Crippen molar-refractivity contribution in [1.29, 1.82) is 0 Å². The minimum Gasteiger partial charge on any atom is -0.379 e. The molecule has 1 heterocycles. The van der Waals surface area contributed by atoms with Crippen molar-refractivity contribution in [3.05, 3.63) is 35.9 Å². The summed E-state index contributed by atoms with van der Waals surface area (Å²) in [4.78, 5) is 0. The zero-order valence-electron chi connectivity index (χ0n) is 11.4. The van der Waals surface area contributed by atoms with E-state index in [9.17, 15) is 0 Å². The quantitative estimate of drug-likeness (QED) is 0.865. The molecule has 0 amide bonds. The van der Waals surface area contributed by atoms with E-state index in [2.05, 4.69) is 54.6 Å². The van der Waals surface area contributed by atoms with Crippen LogP contribution in [0.1, 0.15) is 25.3 Å². The zero-order valence-corrected chi connectivity index (χ0v) is 11.4. The summed E-state index contributed by atoms with van der Waals surface area (Å²) >= 11 is 0. The van der Waals surface area contributed by atoms with Gasteiger partial charge in [0.1, 0.15) is 0 Å². The molecule has 0 spiro atoms. The summed E-state index contributed by atoms with van der Waals surface area (Å²) < 4.78 is 5.36. The fourth-order valence-corrected chi connectivity index (χ4v) is 2.39. The molecular weight excluding hydrogens is 224 g/mol. The van der Waals surface area contributed by atoms with Crippen molar-refractivity contribution in [1.82, 2.24) is 10.4 Å². The fraction of sp³-hybridized carbons (Fsp3) is 0.600. The van der Waals surface area contributed by atoms with Crippen LogP contribution in [0, 0.1) is 5.92 Å². The van der Waals surface area contributed by atoms with Crippen LogP contribution in [0.5, 0.6) is 0 Å². The number of ether oxygens (including phenoxy) is 1. The van der Waals surface area contributed by atoms with E-state index in [-0.39, 0.29) is 0 Å². The standard InChI is InChI=1S/C15H24N2O/c1-13(2)15(14-6-4-3-5-7-14)12-16-17-8-10-18-11-9-17/h3-7,13,15-16H,8-12H2,1-2H3. The van der Waals surface area contributed by atoms with Gasteiger partial charge in [-0.15, -0.1) is 0 Å². The van der Waals surface area contributed by atoms with Gasteiger partial charge in [-0.3, -0.25) is 5.43 Å². The van der Waals surface area contributed by atoms with E-state index in [1.165, 1.54) is 5.56 Å². The predicted octanol–water partition coefficient (Wildman–Crippen LogP) is 2.26. The first-order valence-corrected chi connectivity index (χ1v) is 6.88. The molecule has 0 bridgehead atoms. The Morgan fingerprint density at radius 1 is 1.17 bits per heavy atom. The monoisotopic (exact) mass is 248 g/mol. The number of nitrogens with one attached hydrogen (secondary N) is 1. The van der Waals surface area contributed by atoms with E-state index < -0.39 is 0 Å². The Kier molecular flexibility index (Phi) is 5.17. The van der Waals surface area contributed by atoms with Gasteiger partial charge >= 0.3 is 0 Å². The van der Waals surface area contributed by atoms with Crippen molar-refractivity contribution in [2.24, 2.45) is 5.92 Å². The Bertz CT molecular complexity index is 334. The molecule has 100 valence electrons. The average Bonchev–Trinajstić information content (AvgIpc) is 2.41. The highest BCUT2D eigenvalue weighted by molar-refractivity contribution is 5.20. The molecule has 1 saturated heterocycles. The Hall–Kier alpha value is -0.900. The highest BCUT2D eigenvalue weighted by Gasteiger charge is 2.17. The summed E-state index contributed by atoms with van der Waals surface area (Å²) in [5.74, 6) is 1.20. The number of morpholine rings is 1. The third kappa shape index (κ3) is 3.80. The van der Waals surface area contributed by atoms with E-state index in [1.807, 2.05) is 0 Å². The van der Waals surface area contributed by atoms with Crippen LogP contribution in [0.3, 0.4) is 0 Å². The third-order valence-electron chi connectivity index (χ3n) is 3.58. The van der Waals surface area contributed by atoms with Crippen LogP contribution in [-0.4, -0.2) is 37.9 Å². The lowest BCUT2D eigenvalue weighted by Gasteiger charge is -2.30. The summed E-state index contributed by atoms with van der Waals surface area (Å²) in [5, 5.41) is 2.28. The van der Waals surface area contributed by atoms with Gasteiger partial charge in [0, 0.05) is 25.6 Å². The van der Waals surface area contributed by atoms with Crippen LogP contribution >= 0.6 is 0 Å². The molecule has 2 rings (SSSR count). The molecule has 1 fully saturated rings. The Balaban J connectivity index is 1.90. The molecule has 18 heavy (non-hydrogen) atoms. The number of benzene rings is 1. The van der Waals surface area contributed by atoms with E-state index in [0.717, 1.165) is 32.8 Å². The Morgan fingerprint density at radius 2 is 1.83 bits per heavy atom. The second-order valence-corrected chi connectivity index (χ2v) is 5.22. The summed E-state index contributed by atoms with van der Waals surface area (Å²) in [6.07, 6.45) is 0. The Labute approximate surface area is 110 Å². The van der Waals surface area contributed by atoms with Crippen molar-refractivity contribution < 1.29 is 4.74 Å². The van der Waals surface area contributed by atoms with Gasteiger partial charge in [0.05, 0.1) is 13.2 Å². The molecule has 3 nitrogen and oxygen atoms in total. The van der Waals surface area contributed by atoms with Gasteiger partial charge < -0.3 is 4.74 Å². The van der Waals surface area contributed by atoms with E-state index in [4.69, 9.17) is 4.74 Å². The number of hydrogen-bond acceptors (Lipinski definition) is 3. The molecule has 1 aromatic rings. The predicted molar refractivity (Wildman–Crippen MR) is 74.4 cm³/mol. The van der Waals surface area contributed by atoms with Crippen LogP contribution in [0.25, 0.3) is 0 Å². The van der Waals surface area contributed by atoms with Crippen molar-refractivity contribution in [2.75, 3.05) is 32.8 Å². The fourth-order valence-electron chi connectivity index (χ4n) is 2.39. The second-order valence-electron chi connectivity index (χ2n) is 5.22. The average molecular weight is 248 g/mol. The van der Waals surface area contributed by atoms with Crippen molar-refractivity contribution in [3.8, 4) is 0 Å². The molecule has 1 atom stereocenters. The maximum Gasteiger partial charge on any atom is 0.0608 e. The third-order valence-corrected chi connectivity index (χ3v) is 3.58. The normalized spacial score (nSPS) is 19.1. The molecule has 0 radical (unpaired) electrons. The topological polar surface area (TPSA) is 24.5 Å². The molecule has 0 aromatic heterocycles. The maximum absolute atomic E-state index is 5.36. The van der Waals surface area contributed by atoms with Gasteiger partial charge in [-0.05, 0) is 11.5 Å². The zero-order chi connectivity index (χ0) is 12.8. The lowest BCUT2D eigenvalue weighted by molar-refractivity contribution is 0.0102. The number of rotatable bonds is 5. The minimum atomic E-state index is 0.564. The highest BCUT2D eigenvalue weighted by Crippen LogP contribution is 2.23. The molecule has 3 heteroatoms. The lowest BCUT2D eigenvalue weighted by Crippen LogP contribution is -2.47. The van der Waals surface area contributed by atoms with E-state index in [0.29, 0.717) is 11.8 Å². The van der Waals surface area contributed by atoms with Crippen LogP contribution in [-0.2, 0) is 4.74 Å². The highest BCUT2D eigenvalue weighted by atomic mass is 16.5. The molecular formula is C15H24N2O. The summed E-state index contributed by atoms with van der Waals surface area (Å²) in [6.45, 7) is 9.23. The largest absolute Gasteiger partial charge is 0.379 e. The molecule has 0 saturated carbocycles. The lowest BCUT2D eigenvalue weighted by atomic mass is 9.88. The smallest absolute Gasteiger partial charge is 0.0608 e. The number of nitrogens with zero attached hydrogens (tertiary/aromatic N) is 1. The first-order valence-electron chi connectivity index (χ1n) is 6.88. The van der Waals surface area contributed by atoms with Crippen molar-refractivity contribution in [2.45, 2.75) is 19.8 Å². The van der Waals surface area contributed by atoms with Gasteiger partial charge in [-0.2, -0.15) is 0 Å². The van der Waals surface area contributed by atoms with Crippen molar-refractivity contribution >= 4 is 0 Å². The Morgan fingerprint density at radius 3 is 2.44 bits per heavy atom. The first kappa shape index (κ1) is 13.5.